The normalized spacial score (nSPS) is 15.0. The van der Waals surface area contributed by atoms with Crippen molar-refractivity contribution in [1.82, 2.24) is 19.4 Å². The predicted molar refractivity (Wildman–Crippen MR) is 114 cm³/mol. The number of nitrogens with one attached hydrogen (secondary N) is 1. The van der Waals surface area contributed by atoms with Crippen molar-refractivity contribution in [1.29, 1.82) is 5.26 Å². The van der Waals surface area contributed by atoms with E-state index in [1.165, 1.54) is 15.9 Å². The van der Waals surface area contributed by atoms with E-state index in [1.54, 1.807) is 13.0 Å². The molecule has 0 aromatic carbocycles. The van der Waals surface area contributed by atoms with Gasteiger partial charge in [-0.1, -0.05) is 11.6 Å². The molecule has 3 aromatic rings. The minimum atomic E-state index is -0.365. The molecule has 8 nitrogen and oxygen atoms in total. The Bertz CT molecular complexity index is 1220. The second-order valence-corrected chi connectivity index (χ2v) is 8.31. The number of aromatic nitrogens is 3. The van der Waals surface area contributed by atoms with Gasteiger partial charge in [0.1, 0.15) is 16.5 Å². The Morgan fingerprint density at radius 3 is 2.69 bits per heavy atom. The van der Waals surface area contributed by atoms with E-state index in [0.29, 0.717) is 27.6 Å². The van der Waals surface area contributed by atoms with Crippen molar-refractivity contribution < 1.29 is 0 Å². The van der Waals surface area contributed by atoms with Crippen molar-refractivity contribution >= 4 is 38.8 Å². The summed E-state index contributed by atoms with van der Waals surface area (Å²) < 4.78 is 1.81. The highest BCUT2D eigenvalue weighted by Gasteiger charge is 2.21. The van der Waals surface area contributed by atoms with Gasteiger partial charge < -0.3 is 9.88 Å². The van der Waals surface area contributed by atoms with Gasteiger partial charge >= 0.3 is 5.69 Å². The lowest BCUT2D eigenvalue weighted by Crippen LogP contribution is -2.46. The summed E-state index contributed by atoms with van der Waals surface area (Å²) in [6.45, 7) is 6.11. The van der Waals surface area contributed by atoms with Crippen LogP contribution in [-0.4, -0.2) is 45.6 Å². The number of rotatable bonds is 4. The zero-order valence-corrected chi connectivity index (χ0v) is 17.4. The Labute approximate surface area is 175 Å². The summed E-state index contributed by atoms with van der Waals surface area (Å²) in [7, 11) is 0. The molecular weight excluding hydrogens is 412 g/mol. The summed E-state index contributed by atoms with van der Waals surface area (Å²) in [5, 5.41) is 9.27. The third kappa shape index (κ3) is 3.79. The first-order valence-corrected chi connectivity index (χ1v) is 10.5. The number of thiophene rings is 1. The molecule has 10 heteroatoms. The zero-order chi connectivity index (χ0) is 20.5. The maximum absolute atomic E-state index is 12.5. The lowest BCUT2D eigenvalue weighted by Gasteiger charge is -2.36. The summed E-state index contributed by atoms with van der Waals surface area (Å²) in [5.74, 6) is 0. The summed E-state index contributed by atoms with van der Waals surface area (Å²) in [6, 6.07) is 7.40. The molecule has 0 bridgehead atoms. The van der Waals surface area contributed by atoms with Crippen molar-refractivity contribution in [3.63, 3.8) is 0 Å². The Hall–Kier alpha value is -2.67. The van der Waals surface area contributed by atoms with Gasteiger partial charge in [0.25, 0.3) is 5.56 Å². The van der Waals surface area contributed by atoms with Crippen LogP contribution in [0.3, 0.4) is 0 Å². The Balaban J connectivity index is 1.46. The minimum absolute atomic E-state index is 0.227. The first-order chi connectivity index (χ1) is 14.0. The molecule has 0 amide bonds. The van der Waals surface area contributed by atoms with Crippen LogP contribution in [0.15, 0.2) is 27.8 Å². The molecule has 0 aliphatic carbocycles. The number of nitrogens with zero attached hydrogens (tertiary/aromatic N) is 5. The topological polar surface area (TPSA) is 98.0 Å². The van der Waals surface area contributed by atoms with E-state index in [4.69, 9.17) is 16.9 Å². The molecule has 0 radical (unpaired) electrons. The molecule has 1 aliphatic heterocycles. The van der Waals surface area contributed by atoms with Gasteiger partial charge in [-0.15, -0.1) is 11.3 Å². The number of pyridine rings is 1. The summed E-state index contributed by atoms with van der Waals surface area (Å²) in [6.07, 6.45) is 0. The molecule has 4 heterocycles. The van der Waals surface area contributed by atoms with Gasteiger partial charge in [0, 0.05) is 44.1 Å². The van der Waals surface area contributed by atoms with Gasteiger partial charge in [-0.3, -0.25) is 14.3 Å². The van der Waals surface area contributed by atoms with Gasteiger partial charge in [-0.25, -0.2) is 9.78 Å². The summed E-state index contributed by atoms with van der Waals surface area (Å²) in [5.41, 5.74) is 1.16. The average molecular weight is 431 g/mol. The monoisotopic (exact) mass is 430 g/mol. The van der Waals surface area contributed by atoms with Crippen LogP contribution >= 0.6 is 22.9 Å². The second kappa shape index (κ2) is 7.99. The first kappa shape index (κ1) is 19.6. The highest BCUT2D eigenvalue weighted by Crippen LogP contribution is 2.26. The highest BCUT2D eigenvalue weighted by molar-refractivity contribution is 7.18. The summed E-state index contributed by atoms with van der Waals surface area (Å²) >= 11 is 7.67. The minimum Gasteiger partial charge on any atom is -0.366 e. The lowest BCUT2D eigenvalue weighted by atomic mass is 10.2. The van der Waals surface area contributed by atoms with Crippen LogP contribution in [0, 0.1) is 11.3 Å². The average Bonchev–Trinajstić information content (AvgIpc) is 3.11. The van der Waals surface area contributed by atoms with Crippen LogP contribution in [0.1, 0.15) is 17.5 Å². The fourth-order valence-corrected chi connectivity index (χ4v) is 4.93. The molecule has 29 heavy (non-hydrogen) atoms. The number of hydrogen-bond acceptors (Lipinski definition) is 7. The van der Waals surface area contributed by atoms with E-state index in [-0.39, 0.29) is 11.2 Å². The van der Waals surface area contributed by atoms with Gasteiger partial charge in [0.05, 0.1) is 11.2 Å². The van der Waals surface area contributed by atoms with E-state index >= 15 is 0 Å². The first-order valence-electron chi connectivity index (χ1n) is 9.29. The summed E-state index contributed by atoms with van der Waals surface area (Å²) in [4.78, 5) is 36.9. The van der Waals surface area contributed by atoms with Crippen molar-refractivity contribution in [2.24, 2.45) is 0 Å². The third-order valence-electron chi connectivity index (χ3n) is 5.06. The zero-order valence-electron chi connectivity index (χ0n) is 15.8. The van der Waals surface area contributed by atoms with Crippen LogP contribution in [-0.2, 0) is 13.1 Å². The van der Waals surface area contributed by atoms with Crippen molar-refractivity contribution in [2.75, 3.05) is 31.1 Å². The fourth-order valence-electron chi connectivity index (χ4n) is 3.55. The number of aromatic amines is 1. The van der Waals surface area contributed by atoms with Crippen LogP contribution in [0.2, 0.25) is 5.15 Å². The smallest absolute Gasteiger partial charge is 0.328 e. The number of hydrogen-bond donors (Lipinski definition) is 1. The molecule has 0 spiro atoms. The number of anilines is 1. The molecule has 1 N–H and O–H groups in total. The molecule has 0 saturated carbocycles. The Morgan fingerprint density at radius 1 is 1.28 bits per heavy atom. The molecule has 150 valence electrons. The lowest BCUT2D eigenvalue weighted by molar-refractivity contribution is 0.252. The van der Waals surface area contributed by atoms with Crippen LogP contribution in [0.4, 0.5) is 5.69 Å². The molecule has 1 saturated heterocycles. The number of fused-ring (bicyclic) bond motifs is 1. The maximum atomic E-state index is 12.5. The molecule has 1 fully saturated rings. The van der Waals surface area contributed by atoms with E-state index in [0.717, 1.165) is 43.3 Å². The molecule has 0 unspecified atom stereocenters. The highest BCUT2D eigenvalue weighted by atomic mass is 35.5. The van der Waals surface area contributed by atoms with Crippen LogP contribution in [0.25, 0.3) is 10.2 Å². The number of nitriles is 1. The van der Waals surface area contributed by atoms with Crippen LogP contribution < -0.4 is 16.1 Å². The molecular formula is C19H19ClN6O2S. The van der Waals surface area contributed by atoms with Crippen molar-refractivity contribution in [3.8, 4) is 6.07 Å². The van der Waals surface area contributed by atoms with E-state index in [2.05, 4.69) is 19.8 Å². The van der Waals surface area contributed by atoms with Crippen LogP contribution in [0.5, 0.6) is 0 Å². The number of H-pyrrole nitrogens is 1. The Morgan fingerprint density at radius 2 is 2.03 bits per heavy atom. The fraction of sp³-hybridized carbons (Fsp3) is 0.368. The van der Waals surface area contributed by atoms with Gasteiger partial charge in [-0.2, -0.15) is 5.26 Å². The standard InChI is InChI=1S/C19H19ClN6O2S/c1-2-26-18(27)16-14(23-19(26)28)9-13(29-16)11-24-5-7-25(8-6-24)15-4-3-12(10-21)22-17(15)20/h3-4,9H,2,5-8,11H2,1H3,(H,23,28). The largest absolute Gasteiger partial charge is 0.366 e. The van der Waals surface area contributed by atoms with Gasteiger partial charge in [0.15, 0.2) is 5.15 Å². The van der Waals surface area contributed by atoms with Gasteiger partial charge in [0.2, 0.25) is 0 Å². The maximum Gasteiger partial charge on any atom is 0.328 e. The van der Waals surface area contributed by atoms with Gasteiger partial charge in [-0.05, 0) is 25.1 Å². The number of halogens is 1. The van der Waals surface area contributed by atoms with E-state index < -0.39 is 0 Å². The SMILES string of the molecule is CCn1c(=O)[nH]c2cc(CN3CCN(c4ccc(C#N)nc4Cl)CC3)sc2c1=O. The predicted octanol–water partition coefficient (Wildman–Crippen LogP) is 2.01. The molecule has 0 atom stereocenters. The molecule has 1 aliphatic rings. The quantitative estimate of drug-likeness (QED) is 0.636. The van der Waals surface area contributed by atoms with E-state index in [9.17, 15) is 9.59 Å². The van der Waals surface area contributed by atoms with E-state index in [1.807, 2.05) is 18.2 Å². The van der Waals surface area contributed by atoms with Crippen molar-refractivity contribution in [2.45, 2.75) is 20.0 Å². The molecule has 3 aromatic heterocycles. The molecule has 4 rings (SSSR count). The van der Waals surface area contributed by atoms with Crippen molar-refractivity contribution in [3.05, 3.63) is 54.8 Å². The Kier molecular flexibility index (Phi) is 5.41. The second-order valence-electron chi connectivity index (χ2n) is 6.82. The number of piperazine rings is 1. The third-order valence-corrected chi connectivity index (χ3v) is 6.45.